The van der Waals surface area contributed by atoms with Gasteiger partial charge in [0.1, 0.15) is 17.4 Å². The van der Waals surface area contributed by atoms with E-state index < -0.39 is 11.7 Å². The number of benzene rings is 2. The summed E-state index contributed by atoms with van der Waals surface area (Å²) in [5.41, 5.74) is 0.621. The zero-order valence-corrected chi connectivity index (χ0v) is 19.3. The van der Waals surface area contributed by atoms with Crippen molar-refractivity contribution in [2.24, 2.45) is 0 Å². The number of nitrogens with one attached hydrogen (secondary N) is 2. The first-order valence-corrected chi connectivity index (χ1v) is 11.6. The van der Waals surface area contributed by atoms with Crippen LogP contribution in [-0.2, 0) is 17.8 Å². The molecular weight excluding hydrogens is 445 g/mol. The Morgan fingerprint density at radius 3 is 2.61 bits per heavy atom. The van der Waals surface area contributed by atoms with Crippen molar-refractivity contribution >= 4 is 29.3 Å². The lowest BCUT2D eigenvalue weighted by Crippen LogP contribution is -2.27. The van der Waals surface area contributed by atoms with Gasteiger partial charge in [-0.3, -0.25) is 9.59 Å². The number of ether oxygens (including phenoxy) is 1. The molecule has 8 nitrogen and oxygen atoms in total. The van der Waals surface area contributed by atoms with Crippen LogP contribution in [0.5, 0.6) is 5.75 Å². The van der Waals surface area contributed by atoms with Crippen molar-refractivity contribution in [2.75, 3.05) is 24.2 Å². The second kappa shape index (κ2) is 12.0. The van der Waals surface area contributed by atoms with Gasteiger partial charge in [-0.25, -0.2) is 4.39 Å². The van der Waals surface area contributed by atoms with Crippen LogP contribution < -0.4 is 15.4 Å². The van der Waals surface area contributed by atoms with Gasteiger partial charge in [0, 0.05) is 19.5 Å². The van der Waals surface area contributed by atoms with E-state index in [1.165, 1.54) is 30.0 Å². The maximum absolute atomic E-state index is 13.7. The number of para-hydroxylation sites is 2. The number of aromatic nitrogens is 3. The molecule has 0 aliphatic rings. The van der Waals surface area contributed by atoms with E-state index in [9.17, 15) is 14.0 Å². The van der Waals surface area contributed by atoms with Gasteiger partial charge in [0.2, 0.25) is 5.91 Å². The Morgan fingerprint density at radius 1 is 1.09 bits per heavy atom. The highest BCUT2D eigenvalue weighted by molar-refractivity contribution is 7.99. The molecule has 2 aromatic carbocycles. The molecule has 2 amide bonds. The van der Waals surface area contributed by atoms with Crippen LogP contribution in [-0.4, -0.2) is 45.5 Å². The normalized spacial score (nSPS) is 10.6. The Hall–Kier alpha value is -3.40. The lowest BCUT2D eigenvalue weighted by Gasteiger charge is -2.11. The van der Waals surface area contributed by atoms with Crippen molar-refractivity contribution in [3.05, 3.63) is 65.7 Å². The van der Waals surface area contributed by atoms with Crippen molar-refractivity contribution in [3.8, 4) is 5.75 Å². The summed E-state index contributed by atoms with van der Waals surface area (Å²) in [4.78, 5) is 24.6. The van der Waals surface area contributed by atoms with Crippen molar-refractivity contribution in [1.82, 2.24) is 20.1 Å². The fourth-order valence-electron chi connectivity index (χ4n) is 3.12. The molecule has 0 bridgehead atoms. The van der Waals surface area contributed by atoms with E-state index in [2.05, 4.69) is 20.8 Å². The maximum Gasteiger partial charge on any atom is 0.254 e. The summed E-state index contributed by atoms with van der Waals surface area (Å²) in [5, 5.41) is 14.5. The minimum absolute atomic E-state index is 0.00243. The predicted molar refractivity (Wildman–Crippen MR) is 125 cm³/mol. The lowest BCUT2D eigenvalue weighted by atomic mass is 10.2. The highest BCUT2D eigenvalue weighted by Gasteiger charge is 2.15. The van der Waals surface area contributed by atoms with E-state index in [0.717, 1.165) is 0 Å². The van der Waals surface area contributed by atoms with Gasteiger partial charge in [-0.1, -0.05) is 36.0 Å². The van der Waals surface area contributed by atoms with Gasteiger partial charge in [-0.15, -0.1) is 10.2 Å². The molecule has 10 heteroatoms. The van der Waals surface area contributed by atoms with Crippen LogP contribution >= 0.6 is 11.8 Å². The number of amides is 2. The van der Waals surface area contributed by atoms with E-state index in [4.69, 9.17) is 4.74 Å². The molecule has 0 aliphatic carbocycles. The van der Waals surface area contributed by atoms with Crippen LogP contribution in [0.2, 0.25) is 0 Å². The third-order valence-electron chi connectivity index (χ3n) is 4.66. The number of hydrogen-bond acceptors (Lipinski definition) is 6. The van der Waals surface area contributed by atoms with Gasteiger partial charge >= 0.3 is 0 Å². The second-order valence-electron chi connectivity index (χ2n) is 6.89. The SMILES string of the molecule is CCOc1ccccc1NC(=O)CSc1nnc(CCNC(=O)c2ccccc2F)n1CC. The average Bonchev–Trinajstić information content (AvgIpc) is 3.21. The summed E-state index contributed by atoms with van der Waals surface area (Å²) < 4.78 is 21.2. The summed E-state index contributed by atoms with van der Waals surface area (Å²) in [6.07, 6.45) is 0.426. The molecule has 3 rings (SSSR count). The third-order valence-corrected chi connectivity index (χ3v) is 5.62. The standard InChI is InChI=1S/C23H26FN5O3S/c1-3-29-20(13-14-25-22(31)16-9-5-6-10-17(16)24)27-28-23(29)33-15-21(30)26-18-11-7-8-12-19(18)32-4-2/h5-12H,3-4,13-15H2,1-2H3,(H,25,31)(H,26,30). The van der Waals surface area contributed by atoms with Gasteiger partial charge in [0.25, 0.3) is 5.91 Å². The largest absolute Gasteiger partial charge is 0.492 e. The van der Waals surface area contributed by atoms with Crippen molar-refractivity contribution in [1.29, 1.82) is 0 Å². The van der Waals surface area contributed by atoms with Crippen LogP contribution in [0.25, 0.3) is 0 Å². The zero-order chi connectivity index (χ0) is 23.6. The molecule has 2 N–H and O–H groups in total. The predicted octanol–water partition coefficient (Wildman–Crippen LogP) is 3.54. The third kappa shape index (κ3) is 6.55. The van der Waals surface area contributed by atoms with Gasteiger partial charge < -0.3 is 19.9 Å². The van der Waals surface area contributed by atoms with Crippen LogP contribution in [0.1, 0.15) is 30.0 Å². The molecule has 0 unspecified atom stereocenters. The fraction of sp³-hybridized carbons (Fsp3) is 0.304. The van der Waals surface area contributed by atoms with Crippen LogP contribution in [0.3, 0.4) is 0 Å². The van der Waals surface area contributed by atoms with E-state index >= 15 is 0 Å². The smallest absolute Gasteiger partial charge is 0.254 e. The van der Waals surface area contributed by atoms with Gasteiger partial charge in [0.15, 0.2) is 5.16 Å². The Morgan fingerprint density at radius 2 is 1.85 bits per heavy atom. The highest BCUT2D eigenvalue weighted by atomic mass is 32.2. The summed E-state index contributed by atoms with van der Waals surface area (Å²) in [6.45, 7) is 5.23. The molecule has 33 heavy (non-hydrogen) atoms. The van der Waals surface area contributed by atoms with Crippen LogP contribution in [0.15, 0.2) is 53.7 Å². The van der Waals surface area contributed by atoms with E-state index in [1.807, 2.05) is 30.5 Å². The monoisotopic (exact) mass is 471 g/mol. The van der Waals surface area contributed by atoms with E-state index in [0.29, 0.717) is 42.0 Å². The molecule has 0 aliphatic heterocycles. The van der Waals surface area contributed by atoms with Crippen molar-refractivity contribution in [2.45, 2.75) is 32.0 Å². The molecule has 0 atom stereocenters. The Labute approximate surface area is 195 Å². The molecule has 0 radical (unpaired) electrons. The first kappa shape index (κ1) is 24.2. The fourth-order valence-corrected chi connectivity index (χ4v) is 3.95. The van der Waals surface area contributed by atoms with Gasteiger partial charge in [-0.05, 0) is 38.1 Å². The number of anilines is 1. The summed E-state index contributed by atoms with van der Waals surface area (Å²) in [5.74, 6) is 0.229. The molecular formula is C23H26FN5O3S. The number of carbonyl (C=O) groups is 2. The Balaban J connectivity index is 1.53. The summed E-state index contributed by atoms with van der Waals surface area (Å²) >= 11 is 1.28. The second-order valence-corrected chi connectivity index (χ2v) is 7.84. The summed E-state index contributed by atoms with van der Waals surface area (Å²) in [7, 11) is 0. The van der Waals surface area contributed by atoms with Crippen LogP contribution in [0.4, 0.5) is 10.1 Å². The highest BCUT2D eigenvalue weighted by Crippen LogP contribution is 2.24. The molecule has 1 heterocycles. The number of thioether (sulfide) groups is 1. The van der Waals surface area contributed by atoms with E-state index in [-0.39, 0.29) is 23.8 Å². The van der Waals surface area contributed by atoms with Crippen molar-refractivity contribution in [3.63, 3.8) is 0 Å². The zero-order valence-electron chi connectivity index (χ0n) is 18.5. The first-order valence-electron chi connectivity index (χ1n) is 10.6. The molecule has 0 fully saturated rings. The average molecular weight is 472 g/mol. The van der Waals surface area contributed by atoms with Crippen LogP contribution in [0, 0.1) is 5.82 Å². The number of halogens is 1. The van der Waals surface area contributed by atoms with Crippen molar-refractivity contribution < 1.29 is 18.7 Å². The summed E-state index contributed by atoms with van der Waals surface area (Å²) in [6, 6.07) is 13.1. The number of rotatable bonds is 11. The molecule has 0 spiro atoms. The number of nitrogens with zero attached hydrogens (tertiary/aromatic N) is 3. The number of hydrogen-bond donors (Lipinski definition) is 2. The molecule has 174 valence electrons. The minimum atomic E-state index is -0.562. The van der Waals surface area contributed by atoms with Gasteiger partial charge in [-0.2, -0.15) is 0 Å². The Kier molecular flexibility index (Phi) is 8.82. The topological polar surface area (TPSA) is 98.1 Å². The number of carbonyl (C=O) groups excluding carboxylic acids is 2. The van der Waals surface area contributed by atoms with Gasteiger partial charge in [0.05, 0.1) is 23.6 Å². The Bertz CT molecular complexity index is 1110. The minimum Gasteiger partial charge on any atom is -0.492 e. The lowest BCUT2D eigenvalue weighted by molar-refractivity contribution is -0.113. The molecule has 3 aromatic rings. The first-order chi connectivity index (χ1) is 16.0. The quantitative estimate of drug-likeness (QED) is 0.415. The maximum atomic E-state index is 13.7. The van der Waals surface area contributed by atoms with E-state index in [1.54, 1.807) is 18.2 Å². The molecule has 0 saturated carbocycles. The molecule has 0 saturated heterocycles. The molecule has 1 aromatic heterocycles.